The van der Waals surface area contributed by atoms with E-state index in [2.05, 4.69) is 0 Å². The summed E-state index contributed by atoms with van der Waals surface area (Å²) in [5.74, 6) is 0.844. The summed E-state index contributed by atoms with van der Waals surface area (Å²) in [5.41, 5.74) is 0. The lowest BCUT2D eigenvalue weighted by Crippen LogP contribution is -2.10. The molecule has 1 fully saturated rings. The zero-order valence-corrected chi connectivity index (χ0v) is 4.66. The molecule has 0 aliphatic carbocycles. The van der Waals surface area contributed by atoms with E-state index < -0.39 is 0 Å². The van der Waals surface area contributed by atoms with Gasteiger partial charge in [-0.2, -0.15) is 0 Å². The Morgan fingerprint density at radius 2 is 2.57 bits per heavy atom. The number of hydrogen-bond acceptors (Lipinski definition) is 3. The van der Waals surface area contributed by atoms with E-state index >= 15 is 0 Å². The maximum Gasteiger partial charge on any atom is 0.147 e. The van der Waals surface area contributed by atoms with Gasteiger partial charge in [0.25, 0.3) is 0 Å². The van der Waals surface area contributed by atoms with Crippen LogP contribution in [0.2, 0.25) is 0 Å². The van der Waals surface area contributed by atoms with Crippen molar-refractivity contribution in [3.63, 3.8) is 0 Å². The fraction of sp³-hybridized carbons (Fsp3) is 0.750. The van der Waals surface area contributed by atoms with Crippen LogP contribution in [-0.2, 0) is 8.98 Å². The third-order valence-electron chi connectivity index (χ3n) is 0.767. The fourth-order valence-corrected chi connectivity index (χ4v) is 0.954. The van der Waals surface area contributed by atoms with Gasteiger partial charge in [0, 0.05) is 6.42 Å². The first kappa shape index (κ1) is 5.12. The van der Waals surface area contributed by atoms with Gasteiger partial charge in [-0.3, -0.25) is 4.79 Å². The van der Waals surface area contributed by atoms with E-state index in [1.807, 2.05) is 0 Å². The van der Waals surface area contributed by atoms with Gasteiger partial charge in [0.05, 0.1) is 12.4 Å². The lowest BCUT2D eigenvalue weighted by molar-refractivity contribution is -0.117. The molecule has 1 heterocycles. The van der Waals surface area contributed by atoms with Crippen molar-refractivity contribution in [3.8, 4) is 0 Å². The highest BCUT2D eigenvalue weighted by Crippen LogP contribution is 2.09. The highest BCUT2D eigenvalue weighted by Gasteiger charge is 2.07. The Kier molecular flexibility index (Phi) is 1.70. The minimum Gasteiger partial charge on any atom is -0.314 e. The highest BCUT2D eigenvalue weighted by molar-refractivity contribution is 7.95. The highest BCUT2D eigenvalue weighted by atomic mass is 32.2. The van der Waals surface area contributed by atoms with Crippen LogP contribution >= 0.6 is 12.0 Å². The molecule has 0 aromatic rings. The lowest BCUT2D eigenvalue weighted by Gasteiger charge is -2.05. The zero-order valence-electron chi connectivity index (χ0n) is 3.85. The molecule has 2 nitrogen and oxygen atoms in total. The van der Waals surface area contributed by atoms with E-state index in [0.717, 1.165) is 0 Å². The van der Waals surface area contributed by atoms with Gasteiger partial charge >= 0.3 is 0 Å². The van der Waals surface area contributed by atoms with Crippen LogP contribution in [0.5, 0.6) is 0 Å². The van der Waals surface area contributed by atoms with E-state index in [9.17, 15) is 4.79 Å². The Hall–Kier alpha value is -0.0200. The van der Waals surface area contributed by atoms with Crippen molar-refractivity contribution in [3.05, 3.63) is 0 Å². The quantitative estimate of drug-likeness (QED) is 0.436. The molecule has 0 saturated carbocycles. The fourth-order valence-electron chi connectivity index (χ4n) is 0.394. The Labute approximate surface area is 46.4 Å². The van der Waals surface area contributed by atoms with Gasteiger partial charge in [0.1, 0.15) is 5.78 Å². The van der Waals surface area contributed by atoms with Crippen molar-refractivity contribution >= 4 is 17.8 Å². The van der Waals surface area contributed by atoms with Gasteiger partial charge in [-0.1, -0.05) is 0 Å². The van der Waals surface area contributed by atoms with Crippen molar-refractivity contribution < 1.29 is 8.98 Å². The summed E-state index contributed by atoms with van der Waals surface area (Å²) in [5, 5.41) is 0. The molecule has 0 bridgehead atoms. The Morgan fingerprint density at radius 1 is 1.71 bits per heavy atom. The Bertz CT molecular complexity index is 73.8. The molecule has 0 N–H and O–H groups in total. The van der Waals surface area contributed by atoms with Crippen molar-refractivity contribution in [1.29, 1.82) is 0 Å². The summed E-state index contributed by atoms with van der Waals surface area (Å²) in [4.78, 5) is 10.4. The van der Waals surface area contributed by atoms with Crippen molar-refractivity contribution in [2.75, 3.05) is 12.4 Å². The third-order valence-corrected chi connectivity index (χ3v) is 1.54. The SMILES string of the molecule is O=C1CCOSC1. The molecular weight excluding hydrogens is 112 g/mol. The number of carbonyl (C=O) groups excluding carboxylic acids is 1. The number of carbonyl (C=O) groups is 1. The van der Waals surface area contributed by atoms with E-state index in [1.54, 1.807) is 0 Å². The maximum atomic E-state index is 10.4. The molecule has 1 aliphatic rings. The molecule has 1 aliphatic heterocycles. The molecule has 0 amide bonds. The van der Waals surface area contributed by atoms with Crippen LogP contribution in [0.3, 0.4) is 0 Å². The summed E-state index contributed by atoms with van der Waals surface area (Å²) in [7, 11) is 0. The summed E-state index contributed by atoms with van der Waals surface area (Å²) >= 11 is 1.25. The number of rotatable bonds is 0. The van der Waals surface area contributed by atoms with Gasteiger partial charge in [0.15, 0.2) is 0 Å². The van der Waals surface area contributed by atoms with Crippen LogP contribution in [0.4, 0.5) is 0 Å². The normalized spacial score (nSPS) is 22.6. The van der Waals surface area contributed by atoms with Crippen LogP contribution in [0.15, 0.2) is 0 Å². The molecule has 0 radical (unpaired) electrons. The average molecular weight is 118 g/mol. The summed E-state index contributed by atoms with van der Waals surface area (Å²) in [6, 6.07) is 0. The largest absolute Gasteiger partial charge is 0.314 e. The molecule has 0 atom stereocenters. The number of hydrogen-bond donors (Lipinski definition) is 0. The second-order valence-electron chi connectivity index (χ2n) is 1.37. The van der Waals surface area contributed by atoms with Gasteiger partial charge in [0.2, 0.25) is 0 Å². The van der Waals surface area contributed by atoms with Gasteiger partial charge in [-0.25, -0.2) is 0 Å². The van der Waals surface area contributed by atoms with Crippen molar-refractivity contribution in [1.82, 2.24) is 0 Å². The molecule has 1 rings (SSSR count). The van der Waals surface area contributed by atoms with Crippen molar-refractivity contribution in [2.45, 2.75) is 6.42 Å². The predicted octanol–water partition coefficient (Wildman–Crippen LogP) is 0.624. The molecule has 0 unspecified atom stereocenters. The molecule has 0 aromatic heterocycles. The lowest BCUT2D eigenvalue weighted by atomic mass is 10.3. The second-order valence-corrected chi connectivity index (χ2v) is 2.13. The monoisotopic (exact) mass is 118 g/mol. The average Bonchev–Trinajstić information content (AvgIpc) is 1.69. The number of Topliss-reactive ketones (excluding diaryl/α,β-unsaturated/α-hetero) is 1. The molecule has 40 valence electrons. The van der Waals surface area contributed by atoms with Crippen LogP contribution in [0.25, 0.3) is 0 Å². The summed E-state index contributed by atoms with van der Waals surface area (Å²) in [6.45, 7) is 0.601. The van der Waals surface area contributed by atoms with Crippen LogP contribution in [0, 0.1) is 0 Å². The molecular formula is C4H6O2S. The molecule has 0 aromatic carbocycles. The minimum absolute atomic E-state index is 0.302. The van der Waals surface area contributed by atoms with Gasteiger partial charge < -0.3 is 4.18 Å². The number of ketones is 1. The summed E-state index contributed by atoms with van der Waals surface area (Å²) in [6.07, 6.45) is 0.604. The van der Waals surface area contributed by atoms with Crippen LogP contribution in [-0.4, -0.2) is 18.1 Å². The maximum absolute atomic E-state index is 10.4. The minimum atomic E-state index is 0.302. The van der Waals surface area contributed by atoms with Crippen LogP contribution in [0.1, 0.15) is 6.42 Å². The topological polar surface area (TPSA) is 26.3 Å². The molecule has 7 heavy (non-hydrogen) atoms. The van der Waals surface area contributed by atoms with Gasteiger partial charge in [-0.05, 0) is 12.0 Å². The molecule has 1 saturated heterocycles. The first-order chi connectivity index (χ1) is 3.39. The van der Waals surface area contributed by atoms with Gasteiger partial charge in [-0.15, -0.1) is 0 Å². The second kappa shape index (κ2) is 2.33. The summed E-state index contributed by atoms with van der Waals surface area (Å²) < 4.78 is 4.84. The first-order valence-corrected chi connectivity index (χ1v) is 3.07. The van der Waals surface area contributed by atoms with E-state index in [4.69, 9.17) is 4.18 Å². The van der Waals surface area contributed by atoms with E-state index in [0.29, 0.717) is 24.6 Å². The molecule has 0 spiro atoms. The van der Waals surface area contributed by atoms with Crippen molar-refractivity contribution in [2.24, 2.45) is 0 Å². The Morgan fingerprint density at radius 3 is 2.86 bits per heavy atom. The standard InChI is InChI=1S/C4H6O2S/c5-4-1-2-6-7-3-4/h1-3H2. The Balaban J connectivity index is 2.25. The van der Waals surface area contributed by atoms with E-state index in [1.165, 1.54) is 12.0 Å². The zero-order chi connectivity index (χ0) is 5.11. The van der Waals surface area contributed by atoms with E-state index in [-0.39, 0.29) is 0 Å². The smallest absolute Gasteiger partial charge is 0.147 e. The first-order valence-electron chi connectivity index (χ1n) is 2.16. The van der Waals surface area contributed by atoms with Crippen LogP contribution < -0.4 is 0 Å². The molecule has 3 heteroatoms. The predicted molar refractivity (Wildman–Crippen MR) is 28.0 cm³/mol. The third kappa shape index (κ3) is 1.49.